The molecule has 0 aliphatic heterocycles. The number of halogens is 1. The number of benzene rings is 2. The van der Waals surface area contributed by atoms with E-state index in [0.717, 1.165) is 5.39 Å². The molecule has 0 saturated heterocycles. The minimum absolute atomic E-state index is 0.0412. The molecule has 0 fully saturated rings. The van der Waals surface area contributed by atoms with E-state index in [1.165, 1.54) is 6.07 Å². The standard InChI is InChI=1S/C16H13FO2/c1-2-19-16(18)9-5-6-12-10-11-15(17)14-8-4-3-7-13(12)14/h3-4,7-8,10-11H,2,9H2,1H3. The number of rotatable bonds is 2. The first-order valence-electron chi connectivity index (χ1n) is 6.04. The minimum Gasteiger partial charge on any atom is -0.465 e. The van der Waals surface area contributed by atoms with Gasteiger partial charge in [-0.2, -0.15) is 0 Å². The van der Waals surface area contributed by atoms with Crippen LogP contribution in [0, 0.1) is 17.7 Å². The van der Waals surface area contributed by atoms with Crippen molar-refractivity contribution in [1.29, 1.82) is 0 Å². The number of ether oxygens (including phenoxy) is 1. The Morgan fingerprint density at radius 2 is 1.95 bits per heavy atom. The van der Waals surface area contributed by atoms with Crippen LogP contribution in [0.15, 0.2) is 36.4 Å². The molecule has 2 rings (SSSR count). The Hall–Kier alpha value is -2.34. The number of carbonyl (C=O) groups excluding carboxylic acids is 1. The zero-order valence-corrected chi connectivity index (χ0v) is 10.6. The Balaban J connectivity index is 2.29. The summed E-state index contributed by atoms with van der Waals surface area (Å²) in [5.41, 5.74) is 0.710. The fraction of sp³-hybridized carbons (Fsp3) is 0.188. The smallest absolute Gasteiger partial charge is 0.317 e. The zero-order valence-electron chi connectivity index (χ0n) is 10.6. The second kappa shape index (κ2) is 6.01. The predicted octanol–water partition coefficient (Wildman–Crippen LogP) is 3.28. The van der Waals surface area contributed by atoms with Crippen molar-refractivity contribution >= 4 is 16.7 Å². The molecule has 2 aromatic carbocycles. The van der Waals surface area contributed by atoms with Crippen LogP contribution in [0.4, 0.5) is 4.39 Å². The van der Waals surface area contributed by atoms with Crippen molar-refractivity contribution in [3.63, 3.8) is 0 Å². The monoisotopic (exact) mass is 256 g/mol. The van der Waals surface area contributed by atoms with E-state index < -0.39 is 0 Å². The molecule has 0 aliphatic carbocycles. The molecule has 0 bridgehead atoms. The number of esters is 1. The Bertz CT molecular complexity index is 665. The highest BCUT2D eigenvalue weighted by molar-refractivity contribution is 5.88. The van der Waals surface area contributed by atoms with Gasteiger partial charge in [-0.15, -0.1) is 0 Å². The highest BCUT2D eigenvalue weighted by Crippen LogP contribution is 2.20. The van der Waals surface area contributed by atoms with Gasteiger partial charge < -0.3 is 4.74 Å². The summed E-state index contributed by atoms with van der Waals surface area (Å²) in [6.07, 6.45) is 0.0412. The van der Waals surface area contributed by atoms with Gasteiger partial charge in [0.15, 0.2) is 0 Å². The lowest BCUT2D eigenvalue weighted by Gasteiger charge is -2.01. The molecule has 0 aromatic heterocycles. The molecule has 96 valence electrons. The number of fused-ring (bicyclic) bond motifs is 1. The van der Waals surface area contributed by atoms with Crippen LogP contribution in [0.2, 0.25) is 0 Å². The van der Waals surface area contributed by atoms with E-state index in [0.29, 0.717) is 17.6 Å². The van der Waals surface area contributed by atoms with Gasteiger partial charge in [0.1, 0.15) is 12.2 Å². The van der Waals surface area contributed by atoms with Crippen LogP contribution in [-0.2, 0) is 9.53 Å². The SMILES string of the molecule is CCOC(=O)CC#Cc1ccc(F)c2ccccc12. The topological polar surface area (TPSA) is 26.3 Å². The maximum Gasteiger partial charge on any atom is 0.317 e. The Kier molecular flexibility index (Phi) is 4.15. The van der Waals surface area contributed by atoms with E-state index in [2.05, 4.69) is 11.8 Å². The number of hydrogen-bond acceptors (Lipinski definition) is 2. The normalized spacial score (nSPS) is 9.79. The van der Waals surface area contributed by atoms with Crippen LogP contribution in [0.1, 0.15) is 18.9 Å². The van der Waals surface area contributed by atoms with Gasteiger partial charge in [0, 0.05) is 16.3 Å². The van der Waals surface area contributed by atoms with E-state index in [-0.39, 0.29) is 18.2 Å². The van der Waals surface area contributed by atoms with Gasteiger partial charge in [-0.3, -0.25) is 4.79 Å². The fourth-order valence-corrected chi connectivity index (χ4v) is 1.79. The molecule has 0 aliphatic rings. The Morgan fingerprint density at radius 1 is 1.21 bits per heavy atom. The van der Waals surface area contributed by atoms with Gasteiger partial charge in [0.25, 0.3) is 0 Å². The van der Waals surface area contributed by atoms with E-state index >= 15 is 0 Å². The third kappa shape index (κ3) is 3.11. The number of hydrogen-bond donors (Lipinski definition) is 0. The molecule has 0 N–H and O–H groups in total. The lowest BCUT2D eigenvalue weighted by molar-refractivity contribution is -0.141. The molecule has 0 atom stereocenters. The van der Waals surface area contributed by atoms with Crippen LogP contribution >= 0.6 is 0 Å². The highest BCUT2D eigenvalue weighted by Gasteiger charge is 2.03. The summed E-state index contributed by atoms with van der Waals surface area (Å²) in [5.74, 6) is 5.02. The second-order valence-corrected chi connectivity index (χ2v) is 3.92. The van der Waals surface area contributed by atoms with E-state index in [9.17, 15) is 9.18 Å². The molecular formula is C16H13FO2. The van der Waals surface area contributed by atoms with Crippen molar-refractivity contribution in [3.8, 4) is 11.8 Å². The molecule has 2 aromatic rings. The minimum atomic E-state index is -0.346. The largest absolute Gasteiger partial charge is 0.465 e. The van der Waals surface area contributed by atoms with Crippen LogP contribution in [0.3, 0.4) is 0 Å². The third-order valence-corrected chi connectivity index (χ3v) is 2.63. The van der Waals surface area contributed by atoms with Crippen LogP contribution < -0.4 is 0 Å². The van der Waals surface area contributed by atoms with Crippen molar-refractivity contribution in [2.75, 3.05) is 6.61 Å². The molecular weight excluding hydrogens is 243 g/mol. The maximum absolute atomic E-state index is 13.6. The summed E-state index contributed by atoms with van der Waals surface area (Å²) in [5, 5.41) is 1.28. The average molecular weight is 256 g/mol. The summed E-state index contributed by atoms with van der Waals surface area (Å²) in [6.45, 7) is 2.10. The van der Waals surface area contributed by atoms with Crippen LogP contribution in [-0.4, -0.2) is 12.6 Å². The first-order chi connectivity index (χ1) is 9.22. The summed E-state index contributed by atoms with van der Waals surface area (Å²) in [6, 6.07) is 10.1. The van der Waals surface area contributed by atoms with Crippen LogP contribution in [0.25, 0.3) is 10.8 Å². The van der Waals surface area contributed by atoms with Gasteiger partial charge in [0.2, 0.25) is 0 Å². The first-order valence-corrected chi connectivity index (χ1v) is 6.04. The van der Waals surface area contributed by atoms with Crippen molar-refractivity contribution in [3.05, 3.63) is 47.8 Å². The zero-order chi connectivity index (χ0) is 13.7. The van der Waals surface area contributed by atoms with E-state index in [1.54, 1.807) is 25.1 Å². The molecule has 3 heteroatoms. The molecule has 0 spiro atoms. The first kappa shape index (κ1) is 13.1. The molecule has 2 nitrogen and oxygen atoms in total. The molecule has 0 radical (unpaired) electrons. The Morgan fingerprint density at radius 3 is 2.68 bits per heavy atom. The lowest BCUT2D eigenvalue weighted by Crippen LogP contribution is -2.01. The highest BCUT2D eigenvalue weighted by atomic mass is 19.1. The number of carbonyl (C=O) groups is 1. The fourth-order valence-electron chi connectivity index (χ4n) is 1.79. The summed E-state index contributed by atoms with van der Waals surface area (Å²) < 4.78 is 18.4. The van der Waals surface area contributed by atoms with Crippen LogP contribution in [0.5, 0.6) is 0 Å². The van der Waals surface area contributed by atoms with Crippen molar-refractivity contribution < 1.29 is 13.9 Å². The maximum atomic E-state index is 13.6. The third-order valence-electron chi connectivity index (χ3n) is 2.63. The van der Waals surface area contributed by atoms with E-state index in [4.69, 9.17) is 4.74 Å². The van der Waals surface area contributed by atoms with Gasteiger partial charge in [-0.05, 0) is 19.1 Å². The summed E-state index contributed by atoms with van der Waals surface area (Å²) >= 11 is 0. The average Bonchev–Trinajstić information content (AvgIpc) is 2.42. The lowest BCUT2D eigenvalue weighted by atomic mass is 10.0. The van der Waals surface area contributed by atoms with Crippen molar-refractivity contribution in [2.24, 2.45) is 0 Å². The quantitative estimate of drug-likeness (QED) is 0.609. The van der Waals surface area contributed by atoms with Gasteiger partial charge in [-0.1, -0.05) is 36.1 Å². The van der Waals surface area contributed by atoms with E-state index in [1.807, 2.05) is 12.1 Å². The molecule has 0 saturated carbocycles. The summed E-state index contributed by atoms with van der Waals surface area (Å²) in [7, 11) is 0. The predicted molar refractivity (Wildman–Crippen MR) is 72.0 cm³/mol. The Labute approximate surface area is 111 Å². The molecule has 0 amide bonds. The van der Waals surface area contributed by atoms with Crippen molar-refractivity contribution in [1.82, 2.24) is 0 Å². The van der Waals surface area contributed by atoms with Gasteiger partial charge >= 0.3 is 5.97 Å². The second-order valence-electron chi connectivity index (χ2n) is 3.92. The molecule has 19 heavy (non-hydrogen) atoms. The van der Waals surface area contributed by atoms with Gasteiger partial charge in [0.05, 0.1) is 6.61 Å². The molecule has 0 unspecified atom stereocenters. The van der Waals surface area contributed by atoms with Gasteiger partial charge in [-0.25, -0.2) is 4.39 Å². The van der Waals surface area contributed by atoms with Crippen molar-refractivity contribution in [2.45, 2.75) is 13.3 Å². The summed E-state index contributed by atoms with van der Waals surface area (Å²) in [4.78, 5) is 11.2. The molecule has 0 heterocycles.